The largest absolute Gasteiger partial charge is 0.374 e. The number of nitrogens with zero attached hydrogens (tertiary/aromatic N) is 4. The van der Waals surface area contributed by atoms with E-state index in [2.05, 4.69) is 25.7 Å². The van der Waals surface area contributed by atoms with E-state index in [9.17, 15) is 4.79 Å². The van der Waals surface area contributed by atoms with Crippen LogP contribution in [0.2, 0.25) is 0 Å². The Balaban J connectivity index is 1.45. The van der Waals surface area contributed by atoms with Crippen molar-refractivity contribution in [2.45, 2.75) is 44.6 Å². The molecule has 0 saturated heterocycles. The third-order valence-corrected chi connectivity index (χ3v) is 6.09. The predicted octanol–water partition coefficient (Wildman–Crippen LogP) is 2.61. The molecule has 8 nitrogen and oxygen atoms in total. The molecule has 0 fully saturated rings. The van der Waals surface area contributed by atoms with E-state index in [1.165, 1.54) is 22.7 Å². The molecule has 0 saturated carbocycles. The minimum absolute atomic E-state index is 0.0945. The van der Waals surface area contributed by atoms with E-state index >= 15 is 0 Å². The van der Waals surface area contributed by atoms with Gasteiger partial charge in [0.25, 0.3) is 0 Å². The van der Waals surface area contributed by atoms with Gasteiger partial charge in [0.1, 0.15) is 10.0 Å². The lowest BCUT2D eigenvalue weighted by Crippen LogP contribution is -2.39. The minimum atomic E-state index is -0.658. The summed E-state index contributed by atoms with van der Waals surface area (Å²) < 4.78 is 0. The van der Waals surface area contributed by atoms with E-state index in [-0.39, 0.29) is 11.8 Å². The number of aromatic nitrogens is 4. The van der Waals surface area contributed by atoms with Crippen molar-refractivity contribution in [2.75, 3.05) is 11.1 Å². The van der Waals surface area contributed by atoms with E-state index in [1.54, 1.807) is 0 Å². The van der Waals surface area contributed by atoms with Gasteiger partial charge in [-0.1, -0.05) is 59.9 Å². The van der Waals surface area contributed by atoms with Crippen molar-refractivity contribution >= 4 is 38.8 Å². The third kappa shape index (κ3) is 5.54. The van der Waals surface area contributed by atoms with Crippen LogP contribution < -0.4 is 16.8 Å². The Bertz CT molecular complexity index is 896. The first kappa shape index (κ1) is 20.3. The van der Waals surface area contributed by atoms with Gasteiger partial charge in [0.2, 0.25) is 16.2 Å². The molecule has 1 aromatic carbocycles. The number of unbranched alkanes of at least 4 members (excludes halogenated alkanes) is 1. The van der Waals surface area contributed by atoms with Gasteiger partial charge in [0.15, 0.2) is 0 Å². The molecular formula is C18H23N7OS2. The van der Waals surface area contributed by atoms with Crippen molar-refractivity contribution in [3.63, 3.8) is 0 Å². The molecule has 0 bridgehead atoms. The quantitative estimate of drug-likeness (QED) is 0.456. The SMILES string of the molecule is CC(c1ccccc1)C(N)C(=O)Nc1nnc(CCCCc2nnc(N)s2)s1. The number of hydrogen-bond acceptors (Lipinski definition) is 9. The molecule has 0 radical (unpaired) electrons. The predicted molar refractivity (Wildman–Crippen MR) is 112 cm³/mol. The number of amides is 1. The number of nitrogens with one attached hydrogen (secondary N) is 1. The second-order valence-electron chi connectivity index (χ2n) is 6.46. The van der Waals surface area contributed by atoms with E-state index in [0.717, 1.165) is 41.3 Å². The molecule has 3 aromatic rings. The summed E-state index contributed by atoms with van der Waals surface area (Å²) >= 11 is 2.80. The van der Waals surface area contributed by atoms with Gasteiger partial charge >= 0.3 is 0 Å². The van der Waals surface area contributed by atoms with E-state index in [4.69, 9.17) is 11.5 Å². The fourth-order valence-corrected chi connectivity index (χ4v) is 4.14. The Morgan fingerprint density at radius 3 is 2.32 bits per heavy atom. The van der Waals surface area contributed by atoms with Gasteiger partial charge < -0.3 is 11.5 Å². The maximum absolute atomic E-state index is 12.4. The van der Waals surface area contributed by atoms with Crippen LogP contribution in [0.1, 0.15) is 41.3 Å². The highest BCUT2D eigenvalue weighted by atomic mass is 32.1. The number of benzene rings is 1. The van der Waals surface area contributed by atoms with E-state index in [0.29, 0.717) is 10.3 Å². The summed E-state index contributed by atoms with van der Waals surface area (Å²) in [7, 11) is 0. The Morgan fingerprint density at radius 1 is 1.04 bits per heavy atom. The Kier molecular flexibility index (Phi) is 7.01. The van der Waals surface area contributed by atoms with E-state index in [1.807, 2.05) is 37.3 Å². The van der Waals surface area contributed by atoms with Crippen LogP contribution in [0.3, 0.4) is 0 Å². The number of carbonyl (C=O) groups is 1. The molecule has 0 spiro atoms. The number of anilines is 2. The second-order valence-corrected chi connectivity index (χ2v) is 8.61. The molecule has 2 unspecified atom stereocenters. The van der Waals surface area contributed by atoms with Gasteiger partial charge in [-0.05, 0) is 18.4 Å². The van der Waals surface area contributed by atoms with Gasteiger partial charge in [-0.2, -0.15) is 0 Å². The molecular weight excluding hydrogens is 394 g/mol. The molecule has 2 heterocycles. The zero-order chi connectivity index (χ0) is 19.9. The summed E-state index contributed by atoms with van der Waals surface area (Å²) in [6, 6.07) is 9.09. The summed E-state index contributed by atoms with van der Waals surface area (Å²) in [4.78, 5) is 12.4. The van der Waals surface area contributed by atoms with Crippen molar-refractivity contribution in [3.8, 4) is 0 Å². The molecule has 148 valence electrons. The number of aryl methyl sites for hydroxylation is 2. The molecule has 3 rings (SSSR count). The maximum atomic E-state index is 12.4. The van der Waals surface area contributed by atoms with Crippen molar-refractivity contribution in [1.82, 2.24) is 20.4 Å². The number of rotatable bonds is 9. The summed E-state index contributed by atoms with van der Waals surface area (Å²) in [6.07, 6.45) is 3.57. The van der Waals surface area contributed by atoms with Crippen LogP contribution in [0.5, 0.6) is 0 Å². The van der Waals surface area contributed by atoms with Crippen molar-refractivity contribution in [1.29, 1.82) is 0 Å². The first-order chi connectivity index (χ1) is 13.5. The number of carbonyl (C=O) groups excluding carboxylic acids is 1. The first-order valence-electron chi connectivity index (χ1n) is 9.04. The highest BCUT2D eigenvalue weighted by molar-refractivity contribution is 7.15. The normalized spacial score (nSPS) is 13.2. The standard InChI is InChI=1S/C18H23N7OS2/c1-11(12-7-3-2-4-8-12)15(19)16(26)21-18-25-23-14(28-18)10-6-5-9-13-22-24-17(20)27-13/h2-4,7-8,11,15H,5-6,9-10,19H2,1H3,(H2,20,24)(H,21,25,26). The highest BCUT2D eigenvalue weighted by Gasteiger charge is 2.23. The molecule has 10 heteroatoms. The fraction of sp³-hybridized carbons (Fsp3) is 0.389. The Labute approximate surface area is 171 Å². The third-order valence-electron chi connectivity index (χ3n) is 4.38. The summed E-state index contributed by atoms with van der Waals surface area (Å²) in [5.41, 5.74) is 12.7. The Hall–Kier alpha value is -2.43. The lowest BCUT2D eigenvalue weighted by Gasteiger charge is -2.18. The fourth-order valence-electron chi connectivity index (χ4n) is 2.70. The van der Waals surface area contributed by atoms with Crippen LogP contribution in [0.15, 0.2) is 30.3 Å². The topological polar surface area (TPSA) is 133 Å². The monoisotopic (exact) mass is 417 g/mol. The van der Waals surface area contributed by atoms with Crippen LogP contribution in [-0.2, 0) is 17.6 Å². The van der Waals surface area contributed by atoms with E-state index < -0.39 is 6.04 Å². The molecule has 0 aliphatic heterocycles. The van der Waals surface area contributed by atoms with Crippen molar-refractivity contribution in [3.05, 3.63) is 45.9 Å². The summed E-state index contributed by atoms with van der Waals surface area (Å²) in [6.45, 7) is 1.94. The van der Waals surface area contributed by atoms with Gasteiger partial charge in [0.05, 0.1) is 6.04 Å². The summed E-state index contributed by atoms with van der Waals surface area (Å²) in [5, 5.41) is 21.6. The van der Waals surface area contributed by atoms with Crippen LogP contribution >= 0.6 is 22.7 Å². The molecule has 0 aliphatic rings. The molecule has 2 atom stereocenters. The zero-order valence-corrected chi connectivity index (χ0v) is 17.2. The van der Waals surface area contributed by atoms with Gasteiger partial charge in [0, 0.05) is 18.8 Å². The molecule has 0 aliphatic carbocycles. The number of nitrogen functional groups attached to an aromatic ring is 1. The number of nitrogens with two attached hydrogens (primary N) is 2. The first-order valence-corrected chi connectivity index (χ1v) is 10.7. The smallest absolute Gasteiger partial charge is 0.243 e. The minimum Gasteiger partial charge on any atom is -0.374 e. The van der Waals surface area contributed by atoms with Crippen LogP contribution in [0.25, 0.3) is 0 Å². The van der Waals surface area contributed by atoms with Gasteiger partial charge in [-0.3, -0.25) is 10.1 Å². The van der Waals surface area contributed by atoms with Crippen LogP contribution in [-0.4, -0.2) is 32.3 Å². The second kappa shape index (κ2) is 9.67. The molecule has 5 N–H and O–H groups in total. The van der Waals surface area contributed by atoms with Gasteiger partial charge in [-0.25, -0.2) is 0 Å². The van der Waals surface area contributed by atoms with Gasteiger partial charge in [-0.15, -0.1) is 20.4 Å². The van der Waals surface area contributed by atoms with Crippen molar-refractivity contribution in [2.24, 2.45) is 5.73 Å². The van der Waals surface area contributed by atoms with Crippen molar-refractivity contribution < 1.29 is 4.79 Å². The zero-order valence-electron chi connectivity index (χ0n) is 15.5. The average molecular weight is 418 g/mol. The van der Waals surface area contributed by atoms with Crippen LogP contribution in [0, 0.1) is 0 Å². The average Bonchev–Trinajstić information content (AvgIpc) is 3.33. The lowest BCUT2D eigenvalue weighted by molar-refractivity contribution is -0.117. The highest BCUT2D eigenvalue weighted by Crippen LogP contribution is 2.21. The van der Waals surface area contributed by atoms with Crippen LogP contribution in [0.4, 0.5) is 10.3 Å². The summed E-state index contributed by atoms with van der Waals surface area (Å²) in [5.74, 6) is -0.351. The Morgan fingerprint density at radius 2 is 1.68 bits per heavy atom. The lowest BCUT2D eigenvalue weighted by atomic mass is 9.93. The number of hydrogen-bond donors (Lipinski definition) is 3. The maximum Gasteiger partial charge on any atom is 0.243 e. The molecule has 1 amide bonds. The molecule has 2 aromatic heterocycles. The molecule has 28 heavy (non-hydrogen) atoms.